The van der Waals surface area contributed by atoms with Crippen molar-refractivity contribution in [3.8, 4) is 0 Å². The second-order valence-corrected chi connectivity index (χ2v) is 5.21. The average Bonchev–Trinajstić information content (AvgIpc) is 2.92. The number of nitrogens with two attached hydrogens (primary N) is 1. The van der Waals surface area contributed by atoms with Gasteiger partial charge in [0.2, 0.25) is 0 Å². The lowest BCUT2D eigenvalue weighted by molar-refractivity contribution is 0.0601. The molecule has 1 atom stereocenters. The molecule has 6 heteroatoms. The van der Waals surface area contributed by atoms with Crippen molar-refractivity contribution in [2.75, 3.05) is 37.8 Å². The zero-order chi connectivity index (χ0) is 14.5. The van der Waals surface area contributed by atoms with Gasteiger partial charge in [0.25, 0.3) is 0 Å². The van der Waals surface area contributed by atoms with Crippen LogP contribution in [0.2, 0.25) is 0 Å². The largest absolute Gasteiger partial charge is 0.465 e. The Bertz CT molecular complexity index is 472. The van der Waals surface area contributed by atoms with Gasteiger partial charge in [0.1, 0.15) is 11.4 Å². The quantitative estimate of drug-likeness (QED) is 0.791. The standard InChI is InChI=1S/C14H22N4O2/c1-10(9-18-5-3-4-6-18)17-13-12(14(19)20-2)7-11(15)8-16-13/h7-8,10H,3-6,9,15H2,1-2H3,(H,16,17). The number of aromatic nitrogens is 1. The molecule has 1 saturated heterocycles. The Morgan fingerprint density at radius 2 is 2.25 bits per heavy atom. The van der Waals surface area contributed by atoms with Gasteiger partial charge in [-0.25, -0.2) is 9.78 Å². The zero-order valence-corrected chi connectivity index (χ0v) is 12.1. The number of rotatable bonds is 5. The number of esters is 1. The Hall–Kier alpha value is -1.82. The number of likely N-dealkylation sites (tertiary alicyclic amines) is 1. The van der Waals surface area contributed by atoms with Crippen LogP contribution < -0.4 is 11.1 Å². The van der Waals surface area contributed by atoms with Crippen LogP contribution in [-0.2, 0) is 4.74 Å². The van der Waals surface area contributed by atoms with E-state index < -0.39 is 5.97 Å². The fourth-order valence-corrected chi connectivity index (χ4v) is 2.49. The van der Waals surface area contributed by atoms with Gasteiger partial charge in [-0.1, -0.05) is 0 Å². The second-order valence-electron chi connectivity index (χ2n) is 5.21. The van der Waals surface area contributed by atoms with Crippen molar-refractivity contribution in [3.63, 3.8) is 0 Å². The van der Waals surface area contributed by atoms with E-state index in [9.17, 15) is 4.79 Å². The van der Waals surface area contributed by atoms with Gasteiger partial charge in [0, 0.05) is 12.6 Å². The summed E-state index contributed by atoms with van der Waals surface area (Å²) >= 11 is 0. The molecule has 0 aromatic carbocycles. The molecule has 0 saturated carbocycles. The summed E-state index contributed by atoms with van der Waals surface area (Å²) in [6, 6.07) is 1.79. The first-order chi connectivity index (χ1) is 9.60. The highest BCUT2D eigenvalue weighted by Crippen LogP contribution is 2.18. The van der Waals surface area contributed by atoms with E-state index in [1.165, 1.54) is 26.1 Å². The lowest BCUT2D eigenvalue weighted by atomic mass is 10.2. The van der Waals surface area contributed by atoms with E-state index in [0.717, 1.165) is 19.6 Å². The van der Waals surface area contributed by atoms with Crippen LogP contribution in [0.3, 0.4) is 0 Å². The van der Waals surface area contributed by atoms with E-state index in [2.05, 4.69) is 22.1 Å². The summed E-state index contributed by atoms with van der Waals surface area (Å²) < 4.78 is 4.76. The number of anilines is 2. The second kappa shape index (κ2) is 6.56. The van der Waals surface area contributed by atoms with E-state index in [4.69, 9.17) is 10.5 Å². The van der Waals surface area contributed by atoms with Gasteiger partial charge in [0.15, 0.2) is 0 Å². The highest BCUT2D eigenvalue weighted by molar-refractivity contribution is 5.95. The number of carbonyl (C=O) groups excluding carboxylic acids is 1. The van der Waals surface area contributed by atoms with Crippen molar-refractivity contribution in [3.05, 3.63) is 17.8 Å². The van der Waals surface area contributed by atoms with Crippen molar-refractivity contribution in [2.24, 2.45) is 0 Å². The lowest BCUT2D eigenvalue weighted by Crippen LogP contribution is -2.33. The van der Waals surface area contributed by atoms with Crippen molar-refractivity contribution >= 4 is 17.5 Å². The molecule has 0 bridgehead atoms. The van der Waals surface area contributed by atoms with Gasteiger partial charge in [-0.15, -0.1) is 0 Å². The topological polar surface area (TPSA) is 80.5 Å². The third kappa shape index (κ3) is 3.60. The molecule has 1 aliphatic rings. The lowest BCUT2D eigenvalue weighted by Gasteiger charge is -2.22. The number of hydrogen-bond acceptors (Lipinski definition) is 6. The summed E-state index contributed by atoms with van der Waals surface area (Å²) in [7, 11) is 1.35. The van der Waals surface area contributed by atoms with Crippen LogP contribution >= 0.6 is 0 Å². The highest BCUT2D eigenvalue weighted by Gasteiger charge is 2.18. The fraction of sp³-hybridized carbons (Fsp3) is 0.571. The van der Waals surface area contributed by atoms with Crippen LogP contribution in [0.4, 0.5) is 11.5 Å². The van der Waals surface area contributed by atoms with Crippen LogP contribution in [-0.4, -0.2) is 48.6 Å². The van der Waals surface area contributed by atoms with Crippen molar-refractivity contribution in [1.29, 1.82) is 0 Å². The summed E-state index contributed by atoms with van der Waals surface area (Å²) in [5.74, 6) is 0.0958. The number of hydrogen-bond donors (Lipinski definition) is 2. The SMILES string of the molecule is COC(=O)c1cc(N)cnc1NC(C)CN1CCCC1. The first-order valence-electron chi connectivity index (χ1n) is 6.93. The Kier molecular flexibility index (Phi) is 4.79. The summed E-state index contributed by atoms with van der Waals surface area (Å²) in [5, 5.41) is 3.27. The zero-order valence-electron chi connectivity index (χ0n) is 12.1. The van der Waals surface area contributed by atoms with Crippen LogP contribution in [0.15, 0.2) is 12.3 Å². The average molecular weight is 278 g/mol. The van der Waals surface area contributed by atoms with Crippen LogP contribution in [0.5, 0.6) is 0 Å². The summed E-state index contributed by atoms with van der Waals surface area (Å²) in [6.45, 7) is 5.31. The monoisotopic (exact) mass is 278 g/mol. The summed E-state index contributed by atoms with van der Waals surface area (Å²) in [6.07, 6.45) is 4.07. The first kappa shape index (κ1) is 14.6. The van der Waals surface area contributed by atoms with Gasteiger partial charge in [-0.05, 0) is 38.9 Å². The maximum absolute atomic E-state index is 11.7. The molecule has 1 fully saturated rings. The maximum Gasteiger partial charge on any atom is 0.341 e. The Morgan fingerprint density at radius 3 is 2.90 bits per heavy atom. The molecule has 6 nitrogen and oxygen atoms in total. The first-order valence-corrected chi connectivity index (χ1v) is 6.93. The van der Waals surface area contributed by atoms with Crippen LogP contribution in [0, 0.1) is 0 Å². The van der Waals surface area contributed by atoms with Crippen molar-refractivity contribution in [2.45, 2.75) is 25.8 Å². The molecule has 0 amide bonds. The molecule has 1 aromatic rings. The number of nitrogen functional groups attached to an aromatic ring is 1. The van der Waals surface area contributed by atoms with E-state index in [0.29, 0.717) is 17.1 Å². The molecule has 2 heterocycles. The molecule has 1 unspecified atom stereocenters. The fourth-order valence-electron chi connectivity index (χ4n) is 2.49. The number of carbonyl (C=O) groups is 1. The van der Waals surface area contributed by atoms with Gasteiger partial charge >= 0.3 is 5.97 Å². The minimum Gasteiger partial charge on any atom is -0.465 e. The predicted octanol–water partition coefficient (Wildman–Crippen LogP) is 1.35. The minimum atomic E-state index is -0.430. The van der Waals surface area contributed by atoms with Crippen molar-refractivity contribution in [1.82, 2.24) is 9.88 Å². The molecule has 0 radical (unpaired) electrons. The van der Waals surface area contributed by atoms with Gasteiger partial charge in [-0.2, -0.15) is 0 Å². The third-order valence-electron chi connectivity index (χ3n) is 3.43. The number of pyridine rings is 1. The number of nitrogens with zero attached hydrogens (tertiary/aromatic N) is 2. The molecular formula is C14H22N4O2. The Morgan fingerprint density at radius 1 is 1.55 bits per heavy atom. The molecule has 1 aliphatic heterocycles. The summed E-state index contributed by atoms with van der Waals surface area (Å²) in [5.41, 5.74) is 6.50. The third-order valence-corrected chi connectivity index (χ3v) is 3.43. The molecule has 1 aromatic heterocycles. The molecule has 110 valence electrons. The predicted molar refractivity (Wildman–Crippen MR) is 78.7 cm³/mol. The highest BCUT2D eigenvalue weighted by atomic mass is 16.5. The number of ether oxygens (including phenoxy) is 1. The smallest absolute Gasteiger partial charge is 0.341 e. The molecule has 0 aliphatic carbocycles. The Labute approximate surface area is 119 Å². The maximum atomic E-state index is 11.7. The number of nitrogens with one attached hydrogen (secondary N) is 1. The normalized spacial score (nSPS) is 16.9. The molecular weight excluding hydrogens is 256 g/mol. The molecule has 20 heavy (non-hydrogen) atoms. The van der Waals surface area contributed by atoms with E-state index in [-0.39, 0.29) is 6.04 Å². The van der Waals surface area contributed by atoms with Crippen molar-refractivity contribution < 1.29 is 9.53 Å². The van der Waals surface area contributed by atoms with Gasteiger partial charge in [0.05, 0.1) is 19.0 Å². The molecule has 2 rings (SSSR count). The van der Waals surface area contributed by atoms with E-state index in [1.54, 1.807) is 6.07 Å². The molecule has 3 N–H and O–H groups in total. The van der Waals surface area contributed by atoms with Gasteiger partial charge < -0.3 is 20.7 Å². The minimum absolute atomic E-state index is 0.202. The Balaban J connectivity index is 2.05. The number of methoxy groups -OCH3 is 1. The van der Waals surface area contributed by atoms with E-state index in [1.807, 2.05) is 0 Å². The van der Waals surface area contributed by atoms with Crippen LogP contribution in [0.25, 0.3) is 0 Å². The van der Waals surface area contributed by atoms with Crippen LogP contribution in [0.1, 0.15) is 30.1 Å². The van der Waals surface area contributed by atoms with Gasteiger partial charge in [-0.3, -0.25) is 0 Å². The molecule has 0 spiro atoms. The van der Waals surface area contributed by atoms with E-state index >= 15 is 0 Å². The summed E-state index contributed by atoms with van der Waals surface area (Å²) in [4.78, 5) is 18.4.